The van der Waals surface area contributed by atoms with Crippen molar-refractivity contribution in [2.24, 2.45) is 0 Å². The first kappa shape index (κ1) is 16.0. The van der Waals surface area contributed by atoms with Crippen molar-refractivity contribution in [2.75, 3.05) is 20.3 Å². The Hall–Kier alpha value is -1.39. The normalized spacial score (nSPS) is 22.0. The smallest absolute Gasteiger partial charge is 0.241 e. The average Bonchev–Trinajstić information content (AvgIpc) is 2.79. The SMILES string of the molecule is CCCCC1NC(c2cccc(C)c2)N(CCOC)C1=O. The molecule has 1 N–H and O–H groups in total. The summed E-state index contributed by atoms with van der Waals surface area (Å²) < 4.78 is 5.15. The molecule has 1 saturated heterocycles. The van der Waals surface area contributed by atoms with Gasteiger partial charge in [0.25, 0.3) is 0 Å². The molecular weight excluding hydrogens is 264 g/mol. The Kier molecular flexibility index (Phi) is 5.76. The number of hydrogen-bond acceptors (Lipinski definition) is 3. The first-order valence-corrected chi connectivity index (χ1v) is 7.79. The van der Waals surface area contributed by atoms with E-state index in [0.717, 1.165) is 24.8 Å². The van der Waals surface area contributed by atoms with Gasteiger partial charge in [0, 0.05) is 13.7 Å². The monoisotopic (exact) mass is 290 g/mol. The van der Waals surface area contributed by atoms with Gasteiger partial charge in [-0.1, -0.05) is 49.6 Å². The van der Waals surface area contributed by atoms with Gasteiger partial charge in [-0.05, 0) is 18.9 Å². The second-order valence-corrected chi connectivity index (χ2v) is 5.70. The van der Waals surface area contributed by atoms with Crippen molar-refractivity contribution in [3.05, 3.63) is 35.4 Å². The molecule has 1 amide bonds. The molecule has 1 fully saturated rings. The summed E-state index contributed by atoms with van der Waals surface area (Å²) in [6, 6.07) is 8.29. The van der Waals surface area contributed by atoms with Crippen LogP contribution < -0.4 is 5.32 Å². The number of carbonyl (C=O) groups excluding carboxylic acids is 1. The van der Waals surface area contributed by atoms with Crippen molar-refractivity contribution in [3.8, 4) is 0 Å². The van der Waals surface area contributed by atoms with Gasteiger partial charge in [-0.25, -0.2) is 0 Å². The molecule has 1 aliphatic rings. The summed E-state index contributed by atoms with van der Waals surface area (Å²) in [6.07, 6.45) is 3.05. The topological polar surface area (TPSA) is 41.6 Å². The number of methoxy groups -OCH3 is 1. The van der Waals surface area contributed by atoms with Gasteiger partial charge in [-0.2, -0.15) is 0 Å². The molecule has 2 atom stereocenters. The molecule has 0 bridgehead atoms. The third-order valence-corrected chi connectivity index (χ3v) is 3.99. The molecule has 2 unspecified atom stereocenters. The van der Waals surface area contributed by atoms with Crippen LogP contribution in [0.4, 0.5) is 0 Å². The van der Waals surface area contributed by atoms with Crippen molar-refractivity contribution < 1.29 is 9.53 Å². The van der Waals surface area contributed by atoms with E-state index in [4.69, 9.17) is 4.74 Å². The molecule has 0 aliphatic carbocycles. The number of nitrogens with zero attached hydrogens (tertiary/aromatic N) is 1. The maximum Gasteiger partial charge on any atom is 0.241 e. The van der Waals surface area contributed by atoms with E-state index >= 15 is 0 Å². The van der Waals surface area contributed by atoms with Crippen LogP contribution in [0.3, 0.4) is 0 Å². The second-order valence-electron chi connectivity index (χ2n) is 5.70. The van der Waals surface area contributed by atoms with Gasteiger partial charge in [-0.3, -0.25) is 10.1 Å². The predicted octanol–water partition coefficient (Wildman–Crippen LogP) is 2.63. The first-order valence-electron chi connectivity index (χ1n) is 7.79. The Labute approximate surface area is 127 Å². The summed E-state index contributed by atoms with van der Waals surface area (Å²) in [5.41, 5.74) is 2.36. The lowest BCUT2D eigenvalue weighted by atomic mass is 10.1. The van der Waals surface area contributed by atoms with Crippen LogP contribution in [0, 0.1) is 6.92 Å². The molecule has 21 heavy (non-hydrogen) atoms. The van der Waals surface area contributed by atoms with Crippen LogP contribution in [0.5, 0.6) is 0 Å². The second kappa shape index (κ2) is 7.57. The molecule has 116 valence electrons. The van der Waals surface area contributed by atoms with E-state index in [2.05, 4.69) is 37.4 Å². The third kappa shape index (κ3) is 3.83. The zero-order valence-corrected chi connectivity index (χ0v) is 13.3. The summed E-state index contributed by atoms with van der Waals surface area (Å²) in [4.78, 5) is 14.5. The Morgan fingerprint density at radius 2 is 2.19 bits per heavy atom. The predicted molar refractivity (Wildman–Crippen MR) is 84.0 cm³/mol. The Bertz CT molecular complexity index is 476. The van der Waals surface area contributed by atoms with E-state index in [-0.39, 0.29) is 18.1 Å². The number of benzene rings is 1. The largest absolute Gasteiger partial charge is 0.383 e. The number of carbonyl (C=O) groups is 1. The zero-order valence-electron chi connectivity index (χ0n) is 13.3. The van der Waals surface area contributed by atoms with Gasteiger partial charge in [-0.15, -0.1) is 0 Å². The van der Waals surface area contributed by atoms with Crippen molar-refractivity contribution >= 4 is 5.91 Å². The van der Waals surface area contributed by atoms with E-state index < -0.39 is 0 Å². The van der Waals surface area contributed by atoms with E-state index in [1.807, 2.05) is 11.0 Å². The van der Waals surface area contributed by atoms with Crippen LogP contribution in [0.15, 0.2) is 24.3 Å². The third-order valence-electron chi connectivity index (χ3n) is 3.99. The Morgan fingerprint density at radius 3 is 2.86 bits per heavy atom. The highest BCUT2D eigenvalue weighted by Gasteiger charge is 2.38. The molecular formula is C17H26N2O2. The van der Waals surface area contributed by atoms with E-state index in [9.17, 15) is 4.79 Å². The average molecular weight is 290 g/mol. The summed E-state index contributed by atoms with van der Waals surface area (Å²) in [5, 5.41) is 3.50. The number of ether oxygens (including phenoxy) is 1. The molecule has 0 radical (unpaired) electrons. The summed E-state index contributed by atoms with van der Waals surface area (Å²) in [5.74, 6) is 0.201. The van der Waals surface area contributed by atoms with Gasteiger partial charge in [0.15, 0.2) is 0 Å². The fourth-order valence-electron chi connectivity index (χ4n) is 2.84. The lowest BCUT2D eigenvalue weighted by Gasteiger charge is -2.24. The fraction of sp³-hybridized carbons (Fsp3) is 0.588. The van der Waals surface area contributed by atoms with Crippen LogP contribution in [-0.2, 0) is 9.53 Å². The number of hydrogen-bond donors (Lipinski definition) is 1. The molecule has 0 saturated carbocycles. The van der Waals surface area contributed by atoms with Crippen molar-refractivity contribution in [1.82, 2.24) is 10.2 Å². The molecule has 1 aliphatic heterocycles. The number of nitrogens with one attached hydrogen (secondary N) is 1. The highest BCUT2D eigenvalue weighted by molar-refractivity contribution is 5.84. The van der Waals surface area contributed by atoms with E-state index in [1.165, 1.54) is 5.56 Å². The molecule has 0 aromatic heterocycles. The lowest BCUT2D eigenvalue weighted by molar-refractivity contribution is -0.130. The van der Waals surface area contributed by atoms with Gasteiger partial charge in [0.1, 0.15) is 6.17 Å². The molecule has 4 nitrogen and oxygen atoms in total. The minimum atomic E-state index is -0.0627. The highest BCUT2D eigenvalue weighted by Crippen LogP contribution is 2.27. The number of rotatable bonds is 7. The molecule has 1 aromatic carbocycles. The van der Waals surface area contributed by atoms with Gasteiger partial charge in [0.2, 0.25) is 5.91 Å². The van der Waals surface area contributed by atoms with Crippen LogP contribution in [0.1, 0.15) is 43.5 Å². The standard InChI is InChI=1S/C17H26N2O2/c1-4-5-9-15-17(20)19(10-11-21-3)16(18-15)14-8-6-7-13(2)12-14/h6-8,12,15-16,18H,4-5,9-11H2,1-3H3. The van der Waals surface area contributed by atoms with Crippen LogP contribution in [0.25, 0.3) is 0 Å². The van der Waals surface area contributed by atoms with Crippen LogP contribution in [-0.4, -0.2) is 37.1 Å². The summed E-state index contributed by atoms with van der Waals surface area (Å²) in [6.45, 7) is 5.42. The quantitative estimate of drug-likeness (QED) is 0.839. The van der Waals surface area contributed by atoms with Crippen molar-refractivity contribution in [3.63, 3.8) is 0 Å². The molecule has 4 heteroatoms. The van der Waals surface area contributed by atoms with E-state index in [0.29, 0.717) is 13.2 Å². The number of unbranched alkanes of at least 4 members (excludes halogenated alkanes) is 1. The zero-order chi connectivity index (χ0) is 15.2. The van der Waals surface area contributed by atoms with Gasteiger partial charge in [0.05, 0.1) is 12.6 Å². The minimum absolute atomic E-state index is 0.0330. The highest BCUT2D eigenvalue weighted by atomic mass is 16.5. The number of amides is 1. The Balaban J connectivity index is 2.17. The molecule has 1 heterocycles. The molecule has 2 rings (SSSR count). The van der Waals surface area contributed by atoms with Crippen LogP contribution in [0.2, 0.25) is 0 Å². The summed E-state index contributed by atoms with van der Waals surface area (Å²) >= 11 is 0. The molecule has 0 spiro atoms. The van der Waals surface area contributed by atoms with Gasteiger partial charge < -0.3 is 9.64 Å². The lowest BCUT2D eigenvalue weighted by Crippen LogP contribution is -2.33. The maximum absolute atomic E-state index is 12.6. The first-order chi connectivity index (χ1) is 10.2. The fourth-order valence-corrected chi connectivity index (χ4v) is 2.84. The maximum atomic E-state index is 12.6. The van der Waals surface area contributed by atoms with Gasteiger partial charge >= 0.3 is 0 Å². The Morgan fingerprint density at radius 1 is 1.38 bits per heavy atom. The van der Waals surface area contributed by atoms with E-state index in [1.54, 1.807) is 7.11 Å². The number of aryl methyl sites for hydroxylation is 1. The molecule has 1 aromatic rings. The van der Waals surface area contributed by atoms with Crippen molar-refractivity contribution in [1.29, 1.82) is 0 Å². The van der Waals surface area contributed by atoms with Crippen LogP contribution >= 0.6 is 0 Å². The van der Waals surface area contributed by atoms with Crippen molar-refractivity contribution in [2.45, 2.75) is 45.3 Å². The minimum Gasteiger partial charge on any atom is -0.383 e. The summed E-state index contributed by atoms with van der Waals surface area (Å²) in [7, 11) is 1.67.